The summed E-state index contributed by atoms with van der Waals surface area (Å²) in [6.07, 6.45) is 5.23. The molecule has 0 aliphatic rings. The van der Waals surface area contributed by atoms with Gasteiger partial charge in [0.1, 0.15) is 0 Å². The van der Waals surface area contributed by atoms with E-state index in [1.54, 1.807) is 17.1 Å². The van der Waals surface area contributed by atoms with Gasteiger partial charge >= 0.3 is 6.03 Å². The molecule has 0 saturated carbocycles. The summed E-state index contributed by atoms with van der Waals surface area (Å²) < 4.78 is 3.58. The highest BCUT2D eigenvalue weighted by Gasteiger charge is 2.13. The Labute approximate surface area is 174 Å². The van der Waals surface area contributed by atoms with Gasteiger partial charge in [0, 0.05) is 42.9 Å². The van der Waals surface area contributed by atoms with Crippen molar-refractivity contribution in [3.05, 3.63) is 89.6 Å². The summed E-state index contributed by atoms with van der Waals surface area (Å²) in [5, 5.41) is 14.6. The van der Waals surface area contributed by atoms with E-state index in [1.807, 2.05) is 73.3 Å². The van der Waals surface area contributed by atoms with E-state index in [9.17, 15) is 4.79 Å². The molecular formula is C22H23N7O. The minimum atomic E-state index is -0.237. The first kappa shape index (κ1) is 19.4. The molecule has 0 fully saturated rings. The average molecular weight is 401 g/mol. The Bertz CT molecular complexity index is 1130. The molecule has 3 heterocycles. The summed E-state index contributed by atoms with van der Waals surface area (Å²) in [5.74, 6) is 0.708. The van der Waals surface area contributed by atoms with Crippen molar-refractivity contribution < 1.29 is 4.79 Å². The highest BCUT2D eigenvalue weighted by molar-refractivity contribution is 5.73. The predicted octanol–water partition coefficient (Wildman–Crippen LogP) is 3.07. The maximum absolute atomic E-state index is 12.3. The van der Waals surface area contributed by atoms with Crippen LogP contribution in [0.15, 0.2) is 67.1 Å². The minimum absolute atomic E-state index is 0.237. The van der Waals surface area contributed by atoms with Crippen LogP contribution < -0.4 is 10.6 Å². The fourth-order valence-corrected chi connectivity index (χ4v) is 3.27. The number of aromatic nitrogens is 5. The van der Waals surface area contributed by atoms with Crippen molar-refractivity contribution >= 4 is 6.03 Å². The maximum Gasteiger partial charge on any atom is 0.315 e. The van der Waals surface area contributed by atoms with E-state index in [0.29, 0.717) is 18.9 Å². The van der Waals surface area contributed by atoms with Gasteiger partial charge in [0.05, 0.1) is 11.4 Å². The zero-order chi connectivity index (χ0) is 20.9. The average Bonchev–Trinajstić information content (AvgIpc) is 3.40. The first-order valence-corrected chi connectivity index (χ1v) is 9.69. The summed E-state index contributed by atoms with van der Waals surface area (Å²) in [4.78, 5) is 16.6. The summed E-state index contributed by atoms with van der Waals surface area (Å²) in [6.45, 7) is 4.76. The Kier molecular flexibility index (Phi) is 5.56. The smallest absolute Gasteiger partial charge is 0.315 e. The number of amides is 2. The van der Waals surface area contributed by atoms with E-state index in [4.69, 9.17) is 0 Å². The molecule has 3 aromatic heterocycles. The van der Waals surface area contributed by atoms with E-state index in [1.165, 1.54) is 0 Å². The van der Waals surface area contributed by atoms with Crippen LogP contribution in [0.1, 0.15) is 22.5 Å². The van der Waals surface area contributed by atoms with E-state index in [2.05, 4.69) is 25.8 Å². The molecule has 2 N–H and O–H groups in total. The van der Waals surface area contributed by atoms with Crippen LogP contribution in [-0.2, 0) is 13.1 Å². The molecule has 0 unspecified atom stereocenters. The van der Waals surface area contributed by atoms with Crippen LogP contribution >= 0.6 is 0 Å². The molecular weight excluding hydrogens is 378 g/mol. The zero-order valence-corrected chi connectivity index (χ0v) is 16.9. The van der Waals surface area contributed by atoms with Crippen LogP contribution in [0.4, 0.5) is 4.79 Å². The highest BCUT2D eigenvalue weighted by Crippen LogP contribution is 2.17. The first-order chi connectivity index (χ1) is 14.6. The van der Waals surface area contributed by atoms with E-state index in [-0.39, 0.29) is 6.03 Å². The molecule has 0 bridgehead atoms. The van der Waals surface area contributed by atoms with Gasteiger partial charge in [-0.15, -0.1) is 0 Å². The second-order valence-corrected chi connectivity index (χ2v) is 6.91. The van der Waals surface area contributed by atoms with Crippen molar-refractivity contribution in [3.63, 3.8) is 0 Å². The monoisotopic (exact) mass is 401 g/mol. The van der Waals surface area contributed by atoms with Gasteiger partial charge in [-0.2, -0.15) is 10.2 Å². The zero-order valence-electron chi connectivity index (χ0n) is 16.9. The fourth-order valence-electron chi connectivity index (χ4n) is 3.27. The molecule has 2 amide bonds. The van der Waals surface area contributed by atoms with Gasteiger partial charge in [0.15, 0.2) is 5.82 Å². The van der Waals surface area contributed by atoms with Crippen LogP contribution in [0.25, 0.3) is 11.5 Å². The lowest BCUT2D eigenvalue weighted by Gasteiger charge is -2.09. The van der Waals surface area contributed by atoms with Gasteiger partial charge in [0.2, 0.25) is 0 Å². The number of hydrogen-bond donors (Lipinski definition) is 2. The Hall–Kier alpha value is -3.94. The van der Waals surface area contributed by atoms with E-state index in [0.717, 1.165) is 28.2 Å². The van der Waals surface area contributed by atoms with Gasteiger partial charge < -0.3 is 10.6 Å². The Balaban J connectivity index is 1.36. The van der Waals surface area contributed by atoms with Crippen molar-refractivity contribution in [2.45, 2.75) is 26.9 Å². The second kappa shape index (κ2) is 8.60. The third-order valence-corrected chi connectivity index (χ3v) is 4.87. The number of urea groups is 1. The molecule has 0 aliphatic heterocycles. The molecule has 8 heteroatoms. The largest absolute Gasteiger partial charge is 0.334 e. The number of hydrogen-bond acceptors (Lipinski definition) is 4. The van der Waals surface area contributed by atoms with Crippen LogP contribution in [0.5, 0.6) is 0 Å². The number of benzene rings is 1. The molecule has 1 aromatic carbocycles. The number of nitrogens with one attached hydrogen (secondary N) is 2. The normalized spacial score (nSPS) is 10.7. The van der Waals surface area contributed by atoms with Gasteiger partial charge in [-0.05, 0) is 49.7 Å². The summed E-state index contributed by atoms with van der Waals surface area (Å²) in [7, 11) is 0. The van der Waals surface area contributed by atoms with Crippen molar-refractivity contribution in [2.24, 2.45) is 0 Å². The predicted molar refractivity (Wildman–Crippen MR) is 113 cm³/mol. The van der Waals surface area contributed by atoms with Crippen LogP contribution in [0.2, 0.25) is 0 Å². The Morgan fingerprint density at radius 2 is 1.80 bits per heavy atom. The number of para-hydroxylation sites is 1. The van der Waals surface area contributed by atoms with Gasteiger partial charge in [-0.1, -0.05) is 18.2 Å². The molecule has 4 rings (SSSR count). The molecule has 0 saturated heterocycles. The topological polar surface area (TPSA) is 89.7 Å². The SMILES string of the molecule is Cc1nn(-c2ccccc2)c(C)c1CNC(=O)NCc1ccnc(-n2cccn2)c1. The second-order valence-electron chi connectivity index (χ2n) is 6.91. The van der Waals surface area contributed by atoms with Crippen molar-refractivity contribution in [2.75, 3.05) is 0 Å². The fraction of sp³-hybridized carbons (Fsp3) is 0.182. The highest BCUT2D eigenvalue weighted by atomic mass is 16.2. The number of aryl methyl sites for hydroxylation is 1. The number of nitrogens with zero attached hydrogens (tertiary/aromatic N) is 5. The number of rotatable bonds is 6. The third kappa shape index (κ3) is 4.22. The molecule has 8 nitrogen and oxygen atoms in total. The van der Waals surface area contributed by atoms with Crippen LogP contribution in [0.3, 0.4) is 0 Å². The molecule has 152 valence electrons. The van der Waals surface area contributed by atoms with Crippen LogP contribution in [-0.4, -0.2) is 30.6 Å². The summed E-state index contributed by atoms with van der Waals surface area (Å²) in [5.41, 5.74) is 4.86. The van der Waals surface area contributed by atoms with Crippen molar-refractivity contribution in [1.29, 1.82) is 0 Å². The van der Waals surface area contributed by atoms with Crippen molar-refractivity contribution in [1.82, 2.24) is 35.2 Å². The van der Waals surface area contributed by atoms with Crippen molar-refractivity contribution in [3.8, 4) is 11.5 Å². The van der Waals surface area contributed by atoms with Crippen LogP contribution in [0, 0.1) is 13.8 Å². The Morgan fingerprint density at radius 1 is 1.00 bits per heavy atom. The third-order valence-electron chi connectivity index (χ3n) is 4.87. The summed E-state index contributed by atoms with van der Waals surface area (Å²) in [6, 6.07) is 15.3. The maximum atomic E-state index is 12.3. The van der Waals surface area contributed by atoms with Gasteiger partial charge in [-0.25, -0.2) is 19.1 Å². The minimum Gasteiger partial charge on any atom is -0.334 e. The molecule has 0 atom stereocenters. The molecule has 0 spiro atoms. The van der Waals surface area contributed by atoms with Gasteiger partial charge in [-0.3, -0.25) is 0 Å². The molecule has 30 heavy (non-hydrogen) atoms. The lowest BCUT2D eigenvalue weighted by molar-refractivity contribution is 0.240. The number of pyridine rings is 1. The molecule has 0 radical (unpaired) electrons. The standard InChI is InChI=1S/C22H23N7O/c1-16-20(17(2)29(27-16)19-7-4-3-5-8-19)15-25-22(30)24-14-18-9-11-23-21(13-18)28-12-6-10-26-28/h3-13H,14-15H2,1-2H3,(H2,24,25,30). The quantitative estimate of drug-likeness (QED) is 0.520. The number of carbonyl (C=O) groups excluding carboxylic acids is 1. The Morgan fingerprint density at radius 3 is 2.57 bits per heavy atom. The number of carbonyl (C=O) groups is 1. The lowest BCUT2D eigenvalue weighted by atomic mass is 10.2. The molecule has 4 aromatic rings. The first-order valence-electron chi connectivity index (χ1n) is 9.69. The van der Waals surface area contributed by atoms with E-state index >= 15 is 0 Å². The summed E-state index contributed by atoms with van der Waals surface area (Å²) >= 11 is 0. The lowest BCUT2D eigenvalue weighted by Crippen LogP contribution is -2.34. The molecule has 0 aliphatic carbocycles. The van der Waals surface area contributed by atoms with E-state index < -0.39 is 0 Å². The van der Waals surface area contributed by atoms with Gasteiger partial charge in [0.25, 0.3) is 0 Å².